The van der Waals surface area contributed by atoms with Gasteiger partial charge < -0.3 is 15.0 Å². The Morgan fingerprint density at radius 2 is 1.95 bits per heavy atom. The third-order valence-electron chi connectivity index (χ3n) is 5.94. The Kier molecular flexibility index (Phi) is 9.05. The van der Waals surface area contributed by atoms with Gasteiger partial charge >= 0.3 is 5.97 Å². The maximum absolute atomic E-state index is 13.6. The fraction of sp³-hybridized carbons (Fsp3) is 0.172. The van der Waals surface area contributed by atoms with Crippen molar-refractivity contribution in [2.75, 3.05) is 12.0 Å². The second kappa shape index (κ2) is 12.8. The molecule has 2 heterocycles. The molecule has 0 spiro atoms. The lowest BCUT2D eigenvalue weighted by atomic mass is 9.95. The Bertz CT molecular complexity index is 1410. The van der Waals surface area contributed by atoms with Crippen LogP contribution in [0.1, 0.15) is 27.9 Å². The molecule has 4 rings (SSSR count). The van der Waals surface area contributed by atoms with Crippen molar-refractivity contribution >= 4 is 35.3 Å². The number of aliphatic carboxylic acids is 1. The Morgan fingerprint density at radius 3 is 2.61 bits per heavy atom. The lowest BCUT2D eigenvalue weighted by Crippen LogP contribution is -2.41. The summed E-state index contributed by atoms with van der Waals surface area (Å²) in [6.45, 7) is 0.506. The van der Waals surface area contributed by atoms with Gasteiger partial charge in [0.15, 0.2) is 0 Å². The predicted molar refractivity (Wildman–Crippen MR) is 148 cm³/mol. The van der Waals surface area contributed by atoms with Gasteiger partial charge in [0.25, 0.3) is 5.91 Å². The first-order chi connectivity index (χ1) is 18.4. The molecule has 1 atom stereocenters. The molecule has 0 radical (unpaired) electrons. The average molecular weight is 531 g/mol. The molecule has 1 amide bonds. The second-order valence-corrected chi connectivity index (χ2v) is 9.59. The zero-order valence-electron chi connectivity index (χ0n) is 20.8. The number of carboxylic acids is 1. The first kappa shape index (κ1) is 26.8. The SMILES string of the molecule is CSCC[C@H](NC(=O)c1ccc(C=C(Cn2ccnc2)c2ccc(F)cc2)cc1-c1cccnc1)C(=O)O. The van der Waals surface area contributed by atoms with E-state index in [1.54, 1.807) is 49.2 Å². The number of carbonyl (C=O) groups excluding carboxylic acids is 1. The minimum atomic E-state index is -1.07. The molecule has 4 aromatic rings. The van der Waals surface area contributed by atoms with Crippen molar-refractivity contribution < 1.29 is 19.1 Å². The summed E-state index contributed by atoms with van der Waals surface area (Å²) in [7, 11) is 0. The molecule has 0 fully saturated rings. The van der Waals surface area contributed by atoms with Gasteiger partial charge in [-0.3, -0.25) is 9.78 Å². The number of halogens is 1. The van der Waals surface area contributed by atoms with Crippen LogP contribution in [0, 0.1) is 5.82 Å². The molecule has 38 heavy (non-hydrogen) atoms. The van der Waals surface area contributed by atoms with Gasteiger partial charge in [-0.1, -0.05) is 24.3 Å². The number of thioether (sulfide) groups is 1. The van der Waals surface area contributed by atoms with E-state index in [1.807, 2.05) is 41.3 Å². The number of allylic oxidation sites excluding steroid dienone is 1. The number of carbonyl (C=O) groups is 2. The van der Waals surface area contributed by atoms with Crippen molar-refractivity contribution in [1.29, 1.82) is 0 Å². The number of nitrogens with zero attached hydrogens (tertiary/aromatic N) is 3. The number of pyridine rings is 1. The van der Waals surface area contributed by atoms with Gasteiger partial charge in [0.2, 0.25) is 0 Å². The predicted octanol–water partition coefficient (Wildman–Crippen LogP) is 5.26. The maximum Gasteiger partial charge on any atom is 0.326 e. The third-order valence-corrected chi connectivity index (χ3v) is 6.59. The van der Waals surface area contributed by atoms with Gasteiger partial charge in [-0.25, -0.2) is 14.2 Å². The van der Waals surface area contributed by atoms with Crippen molar-refractivity contribution in [1.82, 2.24) is 19.9 Å². The van der Waals surface area contributed by atoms with Crippen molar-refractivity contribution in [2.24, 2.45) is 0 Å². The number of amides is 1. The van der Waals surface area contributed by atoms with E-state index >= 15 is 0 Å². The van der Waals surface area contributed by atoms with Gasteiger partial charge in [-0.15, -0.1) is 0 Å². The molecule has 0 saturated carbocycles. The summed E-state index contributed by atoms with van der Waals surface area (Å²) >= 11 is 1.52. The van der Waals surface area contributed by atoms with Crippen LogP contribution in [0.15, 0.2) is 85.7 Å². The van der Waals surface area contributed by atoms with Crippen LogP contribution in [0.5, 0.6) is 0 Å². The van der Waals surface area contributed by atoms with Crippen molar-refractivity contribution in [3.63, 3.8) is 0 Å². The molecule has 2 aromatic carbocycles. The number of imidazole rings is 1. The Hall–Kier alpha value is -4.24. The van der Waals surface area contributed by atoms with Gasteiger partial charge in [-0.05, 0) is 77.1 Å². The average Bonchev–Trinajstić information content (AvgIpc) is 3.44. The van der Waals surface area contributed by atoms with Crippen LogP contribution < -0.4 is 5.32 Å². The van der Waals surface area contributed by atoms with Crippen LogP contribution in [0.3, 0.4) is 0 Å². The fourth-order valence-corrected chi connectivity index (χ4v) is 4.47. The van der Waals surface area contributed by atoms with E-state index in [9.17, 15) is 19.1 Å². The van der Waals surface area contributed by atoms with Crippen LogP contribution in [-0.4, -0.2) is 49.6 Å². The summed E-state index contributed by atoms with van der Waals surface area (Å²) in [5.74, 6) is -1.25. The Labute approximate surface area is 224 Å². The highest BCUT2D eigenvalue weighted by Crippen LogP contribution is 2.28. The van der Waals surface area contributed by atoms with Gasteiger partial charge in [0, 0.05) is 42.5 Å². The number of nitrogens with one attached hydrogen (secondary N) is 1. The number of carboxylic acid groups (broad SMARTS) is 1. The molecule has 7 nitrogen and oxygen atoms in total. The second-order valence-electron chi connectivity index (χ2n) is 8.60. The quantitative estimate of drug-likeness (QED) is 0.257. The molecule has 2 N–H and O–H groups in total. The topological polar surface area (TPSA) is 97.1 Å². The van der Waals surface area contributed by atoms with E-state index in [0.717, 1.165) is 22.3 Å². The highest BCUT2D eigenvalue weighted by Gasteiger charge is 2.22. The summed E-state index contributed by atoms with van der Waals surface area (Å²) in [6, 6.07) is 14.3. The molecule has 0 aliphatic rings. The van der Waals surface area contributed by atoms with Crippen LogP contribution in [0.2, 0.25) is 0 Å². The molecule has 2 aromatic heterocycles. The smallest absolute Gasteiger partial charge is 0.326 e. The number of hydrogen-bond acceptors (Lipinski definition) is 5. The first-order valence-electron chi connectivity index (χ1n) is 11.9. The molecule has 0 unspecified atom stereocenters. The van der Waals surface area contributed by atoms with E-state index in [0.29, 0.717) is 29.8 Å². The summed E-state index contributed by atoms with van der Waals surface area (Å²) in [5.41, 5.74) is 4.28. The van der Waals surface area contributed by atoms with E-state index in [-0.39, 0.29) is 5.82 Å². The lowest BCUT2D eigenvalue weighted by Gasteiger charge is -2.17. The maximum atomic E-state index is 13.6. The van der Waals surface area contributed by atoms with E-state index in [4.69, 9.17) is 0 Å². The minimum absolute atomic E-state index is 0.317. The van der Waals surface area contributed by atoms with Crippen LogP contribution >= 0.6 is 11.8 Å². The molecule has 9 heteroatoms. The highest BCUT2D eigenvalue weighted by atomic mass is 32.2. The molecular formula is C29H27FN4O3S. The summed E-state index contributed by atoms with van der Waals surface area (Å²) in [6.07, 6.45) is 12.7. The van der Waals surface area contributed by atoms with Gasteiger partial charge in [0.1, 0.15) is 11.9 Å². The molecule has 0 bridgehead atoms. The van der Waals surface area contributed by atoms with Crippen molar-refractivity contribution in [2.45, 2.75) is 19.0 Å². The van der Waals surface area contributed by atoms with Crippen molar-refractivity contribution in [3.05, 3.63) is 108 Å². The normalized spacial score (nSPS) is 12.2. The lowest BCUT2D eigenvalue weighted by molar-refractivity contribution is -0.139. The Balaban J connectivity index is 1.74. The van der Waals surface area contributed by atoms with E-state index in [2.05, 4.69) is 15.3 Å². The van der Waals surface area contributed by atoms with Gasteiger partial charge in [-0.2, -0.15) is 11.8 Å². The van der Waals surface area contributed by atoms with E-state index in [1.165, 1.54) is 23.9 Å². The van der Waals surface area contributed by atoms with Crippen LogP contribution in [-0.2, 0) is 11.3 Å². The first-order valence-corrected chi connectivity index (χ1v) is 13.3. The highest BCUT2D eigenvalue weighted by molar-refractivity contribution is 7.98. The van der Waals surface area contributed by atoms with Gasteiger partial charge in [0.05, 0.1) is 6.33 Å². The van der Waals surface area contributed by atoms with Crippen molar-refractivity contribution in [3.8, 4) is 11.1 Å². The summed E-state index contributed by atoms with van der Waals surface area (Å²) in [5, 5.41) is 12.2. The number of rotatable bonds is 11. The zero-order chi connectivity index (χ0) is 26.9. The van der Waals surface area contributed by atoms with E-state index < -0.39 is 17.9 Å². The summed E-state index contributed by atoms with van der Waals surface area (Å²) in [4.78, 5) is 33.3. The molecule has 0 aliphatic heterocycles. The molecular weight excluding hydrogens is 503 g/mol. The van der Waals surface area contributed by atoms with Crippen LogP contribution in [0.4, 0.5) is 4.39 Å². The minimum Gasteiger partial charge on any atom is -0.480 e. The number of benzene rings is 2. The monoisotopic (exact) mass is 530 g/mol. The fourth-order valence-electron chi connectivity index (χ4n) is 4.00. The largest absolute Gasteiger partial charge is 0.480 e. The zero-order valence-corrected chi connectivity index (χ0v) is 21.6. The molecule has 0 saturated heterocycles. The third kappa shape index (κ3) is 6.95. The number of aromatic nitrogens is 3. The van der Waals surface area contributed by atoms with Crippen LogP contribution in [0.25, 0.3) is 22.8 Å². The number of hydrogen-bond donors (Lipinski definition) is 2. The Morgan fingerprint density at radius 1 is 1.13 bits per heavy atom. The molecule has 194 valence electrons. The molecule has 0 aliphatic carbocycles. The summed E-state index contributed by atoms with van der Waals surface area (Å²) < 4.78 is 15.5. The standard InChI is InChI=1S/C29H27FN4O3S/c1-38-14-10-27(29(36)37)33-28(35)25-9-4-20(16-26(25)22-3-2-11-31-17-22)15-23(18-34-13-12-32-19-34)21-5-7-24(30)8-6-21/h2-9,11-13,15-17,19,27H,10,14,18H2,1H3,(H,33,35)(H,36,37)/t27-/m0/s1.